The molecule has 3 nitrogen and oxygen atoms in total. The molecule has 0 spiro atoms. The topological polar surface area (TPSA) is 46.0 Å². The molecule has 1 unspecified atom stereocenters. The molecule has 0 saturated heterocycles. The normalized spacial score (nSPS) is 12.8. The fourth-order valence-corrected chi connectivity index (χ4v) is 2.75. The van der Waals surface area contributed by atoms with Crippen LogP contribution >= 0.6 is 11.3 Å². The van der Waals surface area contributed by atoms with Crippen LogP contribution in [0.5, 0.6) is 0 Å². The van der Waals surface area contributed by atoms with Crippen molar-refractivity contribution in [3.05, 3.63) is 58.0 Å². The van der Waals surface area contributed by atoms with Crippen LogP contribution in [0.3, 0.4) is 0 Å². The summed E-state index contributed by atoms with van der Waals surface area (Å²) in [6.45, 7) is 2.03. The van der Waals surface area contributed by atoms with Crippen molar-refractivity contribution in [1.29, 1.82) is 0 Å². The number of aryl methyl sites for hydroxylation is 1. The number of thiophene rings is 1. The number of para-hydroxylation sites is 1. The van der Waals surface area contributed by atoms with Crippen molar-refractivity contribution in [2.24, 2.45) is 0 Å². The van der Waals surface area contributed by atoms with Gasteiger partial charge in [-0.25, -0.2) is 0 Å². The summed E-state index contributed by atoms with van der Waals surface area (Å²) in [7, 11) is 0. The van der Waals surface area contributed by atoms with Gasteiger partial charge < -0.3 is 5.11 Å². The third-order valence-electron chi connectivity index (χ3n) is 2.89. The van der Waals surface area contributed by atoms with Gasteiger partial charge in [0.1, 0.15) is 6.10 Å². The Labute approximate surface area is 109 Å². The molecule has 4 heteroatoms. The first-order valence-corrected chi connectivity index (χ1v) is 6.56. The highest BCUT2D eigenvalue weighted by Gasteiger charge is 2.15. The SMILES string of the molecule is Cc1cc(C(O)c2cccc3nccnc23)cs1. The summed E-state index contributed by atoms with van der Waals surface area (Å²) < 4.78 is 0. The van der Waals surface area contributed by atoms with Crippen molar-refractivity contribution < 1.29 is 5.11 Å². The lowest BCUT2D eigenvalue weighted by molar-refractivity contribution is 0.222. The lowest BCUT2D eigenvalue weighted by atomic mass is 10.0. The minimum atomic E-state index is -0.643. The van der Waals surface area contributed by atoms with Gasteiger partial charge in [0.15, 0.2) is 0 Å². The molecule has 0 saturated carbocycles. The Balaban J connectivity index is 2.14. The van der Waals surface area contributed by atoms with Gasteiger partial charge in [0.2, 0.25) is 0 Å². The Kier molecular flexibility index (Phi) is 2.81. The molecule has 3 aromatic rings. The van der Waals surface area contributed by atoms with Crippen LogP contribution in [-0.4, -0.2) is 15.1 Å². The second-order valence-corrected chi connectivity index (χ2v) is 5.28. The van der Waals surface area contributed by atoms with Gasteiger partial charge in [-0.1, -0.05) is 12.1 Å². The maximum Gasteiger partial charge on any atom is 0.107 e. The number of hydrogen-bond acceptors (Lipinski definition) is 4. The number of benzene rings is 1. The maximum absolute atomic E-state index is 10.4. The summed E-state index contributed by atoms with van der Waals surface area (Å²) in [5.74, 6) is 0. The molecule has 2 aromatic heterocycles. The zero-order valence-corrected chi connectivity index (χ0v) is 10.7. The van der Waals surface area contributed by atoms with Gasteiger partial charge in [-0.3, -0.25) is 9.97 Å². The number of aromatic nitrogens is 2. The summed E-state index contributed by atoms with van der Waals surface area (Å²) in [5, 5.41) is 12.4. The molecule has 1 aromatic carbocycles. The molecule has 0 aliphatic carbocycles. The van der Waals surface area contributed by atoms with E-state index in [1.807, 2.05) is 36.6 Å². The first kappa shape index (κ1) is 11.3. The molecule has 3 rings (SSSR count). The highest BCUT2D eigenvalue weighted by Crippen LogP contribution is 2.29. The van der Waals surface area contributed by atoms with Gasteiger partial charge in [0.25, 0.3) is 0 Å². The van der Waals surface area contributed by atoms with E-state index in [1.165, 1.54) is 4.88 Å². The van der Waals surface area contributed by atoms with Crippen LogP contribution in [0.2, 0.25) is 0 Å². The standard InChI is InChI=1S/C14H12N2OS/c1-9-7-10(8-18-9)14(17)11-3-2-4-12-13(11)16-6-5-15-12/h2-8,14,17H,1H3. The van der Waals surface area contributed by atoms with E-state index in [0.29, 0.717) is 0 Å². The van der Waals surface area contributed by atoms with E-state index in [9.17, 15) is 5.11 Å². The van der Waals surface area contributed by atoms with Crippen molar-refractivity contribution in [2.75, 3.05) is 0 Å². The van der Waals surface area contributed by atoms with Crippen LogP contribution in [-0.2, 0) is 0 Å². The van der Waals surface area contributed by atoms with Crippen molar-refractivity contribution in [3.8, 4) is 0 Å². The molecule has 0 aliphatic rings. The molecule has 0 fully saturated rings. The van der Waals surface area contributed by atoms with E-state index in [0.717, 1.165) is 22.2 Å². The van der Waals surface area contributed by atoms with Gasteiger partial charge in [-0.05, 0) is 30.0 Å². The van der Waals surface area contributed by atoms with E-state index in [4.69, 9.17) is 0 Å². The van der Waals surface area contributed by atoms with E-state index in [1.54, 1.807) is 23.7 Å². The van der Waals surface area contributed by atoms with E-state index in [-0.39, 0.29) is 0 Å². The van der Waals surface area contributed by atoms with Crippen molar-refractivity contribution in [3.63, 3.8) is 0 Å². The largest absolute Gasteiger partial charge is 0.384 e. The third-order valence-corrected chi connectivity index (χ3v) is 3.77. The third kappa shape index (κ3) is 1.89. The van der Waals surface area contributed by atoms with Crippen LogP contribution in [0.25, 0.3) is 11.0 Å². The average molecular weight is 256 g/mol. The molecule has 0 amide bonds. The van der Waals surface area contributed by atoms with Crippen molar-refractivity contribution >= 4 is 22.4 Å². The highest BCUT2D eigenvalue weighted by atomic mass is 32.1. The molecular formula is C14H12N2OS. The summed E-state index contributed by atoms with van der Waals surface area (Å²) >= 11 is 1.64. The minimum absolute atomic E-state index is 0.643. The van der Waals surface area contributed by atoms with E-state index < -0.39 is 6.10 Å². The van der Waals surface area contributed by atoms with Crippen LogP contribution in [0.1, 0.15) is 22.1 Å². The Morgan fingerprint density at radius 1 is 1.22 bits per heavy atom. The Bertz CT molecular complexity index is 688. The minimum Gasteiger partial charge on any atom is -0.384 e. The maximum atomic E-state index is 10.4. The summed E-state index contributed by atoms with van der Waals surface area (Å²) in [5.41, 5.74) is 3.28. The van der Waals surface area contributed by atoms with Crippen LogP contribution in [0.15, 0.2) is 42.0 Å². The van der Waals surface area contributed by atoms with Crippen LogP contribution in [0, 0.1) is 6.92 Å². The predicted octanol–water partition coefficient (Wildman–Crippen LogP) is 3.08. The van der Waals surface area contributed by atoms with E-state index >= 15 is 0 Å². The molecule has 0 radical (unpaired) electrons. The van der Waals surface area contributed by atoms with Gasteiger partial charge in [-0.15, -0.1) is 11.3 Å². The highest BCUT2D eigenvalue weighted by molar-refractivity contribution is 7.10. The summed E-state index contributed by atoms with van der Waals surface area (Å²) in [6.07, 6.45) is 2.67. The lowest BCUT2D eigenvalue weighted by Crippen LogP contribution is -2.00. The fourth-order valence-electron chi connectivity index (χ4n) is 2.02. The average Bonchev–Trinajstić information content (AvgIpc) is 2.84. The molecule has 18 heavy (non-hydrogen) atoms. The van der Waals surface area contributed by atoms with Gasteiger partial charge in [0, 0.05) is 22.8 Å². The quantitative estimate of drug-likeness (QED) is 0.766. The molecular weight excluding hydrogens is 244 g/mol. The predicted molar refractivity (Wildman–Crippen MR) is 72.7 cm³/mol. The first-order chi connectivity index (χ1) is 8.75. The van der Waals surface area contributed by atoms with Crippen molar-refractivity contribution in [2.45, 2.75) is 13.0 Å². The lowest BCUT2D eigenvalue weighted by Gasteiger charge is -2.11. The van der Waals surface area contributed by atoms with Crippen LogP contribution in [0.4, 0.5) is 0 Å². The number of nitrogens with zero attached hydrogens (tertiary/aromatic N) is 2. The molecule has 90 valence electrons. The monoisotopic (exact) mass is 256 g/mol. The Morgan fingerprint density at radius 3 is 2.83 bits per heavy atom. The smallest absolute Gasteiger partial charge is 0.107 e. The second-order valence-electron chi connectivity index (χ2n) is 4.16. The molecule has 1 N–H and O–H groups in total. The number of fused-ring (bicyclic) bond motifs is 1. The number of rotatable bonds is 2. The zero-order valence-electron chi connectivity index (χ0n) is 9.87. The van der Waals surface area contributed by atoms with Gasteiger partial charge in [-0.2, -0.15) is 0 Å². The molecule has 0 aliphatic heterocycles. The van der Waals surface area contributed by atoms with Gasteiger partial charge in [0.05, 0.1) is 11.0 Å². The molecule has 0 bridgehead atoms. The van der Waals surface area contributed by atoms with Crippen LogP contribution < -0.4 is 0 Å². The van der Waals surface area contributed by atoms with Crippen molar-refractivity contribution in [1.82, 2.24) is 9.97 Å². The Morgan fingerprint density at radius 2 is 2.06 bits per heavy atom. The zero-order chi connectivity index (χ0) is 12.5. The summed E-state index contributed by atoms with van der Waals surface area (Å²) in [6, 6.07) is 7.70. The van der Waals surface area contributed by atoms with E-state index in [2.05, 4.69) is 9.97 Å². The van der Waals surface area contributed by atoms with Gasteiger partial charge >= 0.3 is 0 Å². The fraction of sp³-hybridized carbons (Fsp3) is 0.143. The second kappa shape index (κ2) is 4.48. The number of aliphatic hydroxyl groups excluding tert-OH is 1. The first-order valence-electron chi connectivity index (χ1n) is 5.68. The molecule has 2 heterocycles. The number of hydrogen-bond donors (Lipinski definition) is 1. The Hall–Kier alpha value is -1.78. The summed E-state index contributed by atoms with van der Waals surface area (Å²) in [4.78, 5) is 9.76. The molecule has 1 atom stereocenters. The number of aliphatic hydroxyl groups is 1.